The van der Waals surface area contributed by atoms with Gasteiger partial charge in [-0.3, -0.25) is 9.59 Å². The summed E-state index contributed by atoms with van der Waals surface area (Å²) in [5.41, 5.74) is -0.520. The van der Waals surface area contributed by atoms with Crippen LogP contribution in [0.1, 0.15) is 51.4 Å². The van der Waals surface area contributed by atoms with Crippen LogP contribution in [0.3, 0.4) is 0 Å². The minimum absolute atomic E-state index is 0.0308. The minimum atomic E-state index is -0.839. The fraction of sp³-hybridized carbons (Fsp3) is 0.846. The lowest BCUT2D eigenvalue weighted by molar-refractivity contribution is -0.139. The highest BCUT2D eigenvalue weighted by Gasteiger charge is 2.35. The van der Waals surface area contributed by atoms with E-state index in [9.17, 15) is 9.59 Å². The molecule has 5 heteroatoms. The Hall–Kier alpha value is -1.10. The van der Waals surface area contributed by atoms with Crippen molar-refractivity contribution in [3.63, 3.8) is 0 Å². The van der Waals surface area contributed by atoms with Crippen LogP contribution in [0.5, 0.6) is 0 Å². The maximum absolute atomic E-state index is 11.8. The van der Waals surface area contributed by atoms with Crippen LogP contribution >= 0.6 is 0 Å². The summed E-state index contributed by atoms with van der Waals surface area (Å²) in [5, 5.41) is 11.9. The molecule has 18 heavy (non-hydrogen) atoms. The minimum Gasteiger partial charge on any atom is -0.481 e. The van der Waals surface area contributed by atoms with Crippen LogP contribution < -0.4 is 5.32 Å². The topological polar surface area (TPSA) is 75.6 Å². The zero-order chi connectivity index (χ0) is 13.4. The molecule has 1 amide bonds. The molecule has 0 aromatic rings. The van der Waals surface area contributed by atoms with Crippen LogP contribution in [-0.2, 0) is 14.3 Å². The number of aliphatic carboxylic acids is 1. The van der Waals surface area contributed by atoms with Gasteiger partial charge in [0.1, 0.15) is 0 Å². The summed E-state index contributed by atoms with van der Waals surface area (Å²) in [5.74, 6) is -0.899. The van der Waals surface area contributed by atoms with E-state index in [1.165, 1.54) is 0 Å². The van der Waals surface area contributed by atoms with Crippen molar-refractivity contribution in [2.75, 3.05) is 13.7 Å². The van der Waals surface area contributed by atoms with E-state index >= 15 is 0 Å². The lowest BCUT2D eigenvalue weighted by Gasteiger charge is -2.37. The fourth-order valence-corrected chi connectivity index (χ4v) is 2.60. The summed E-state index contributed by atoms with van der Waals surface area (Å²) < 4.78 is 4.90. The summed E-state index contributed by atoms with van der Waals surface area (Å²) >= 11 is 0. The van der Waals surface area contributed by atoms with E-state index in [2.05, 4.69) is 5.32 Å². The molecule has 0 heterocycles. The molecule has 0 aromatic heterocycles. The molecule has 0 atom stereocenters. The van der Waals surface area contributed by atoms with Gasteiger partial charge in [0.15, 0.2) is 0 Å². The summed E-state index contributed by atoms with van der Waals surface area (Å²) in [4.78, 5) is 22.8. The van der Waals surface area contributed by atoms with Crippen molar-refractivity contribution in [2.24, 2.45) is 0 Å². The van der Waals surface area contributed by atoms with Gasteiger partial charge < -0.3 is 15.2 Å². The Labute approximate surface area is 108 Å². The maximum Gasteiger partial charge on any atom is 0.305 e. The van der Waals surface area contributed by atoms with Gasteiger partial charge in [0.05, 0.1) is 12.0 Å². The number of methoxy groups -OCH3 is 1. The van der Waals surface area contributed by atoms with Gasteiger partial charge >= 0.3 is 5.97 Å². The zero-order valence-corrected chi connectivity index (χ0v) is 11.0. The molecule has 1 saturated carbocycles. The van der Waals surface area contributed by atoms with Gasteiger partial charge in [0.2, 0.25) is 5.91 Å². The van der Waals surface area contributed by atoms with Crippen molar-refractivity contribution in [2.45, 2.75) is 56.9 Å². The smallest absolute Gasteiger partial charge is 0.305 e. The van der Waals surface area contributed by atoms with Crippen molar-refractivity contribution in [1.29, 1.82) is 0 Å². The normalized spacial score (nSPS) is 18.3. The molecule has 0 unspecified atom stereocenters. The molecule has 2 N–H and O–H groups in total. The molecule has 1 rings (SSSR count). The molecular weight excluding hydrogens is 234 g/mol. The number of carboxylic acid groups (broad SMARTS) is 1. The first kappa shape index (κ1) is 15.0. The number of hydrogen-bond donors (Lipinski definition) is 2. The number of rotatable bonds is 7. The quantitative estimate of drug-likeness (QED) is 0.681. The van der Waals surface area contributed by atoms with E-state index < -0.39 is 11.5 Å². The Morgan fingerprint density at radius 1 is 1.28 bits per heavy atom. The molecular formula is C13H23NO4. The highest BCUT2D eigenvalue weighted by Crippen LogP contribution is 2.31. The van der Waals surface area contributed by atoms with Crippen molar-refractivity contribution >= 4 is 11.9 Å². The predicted molar refractivity (Wildman–Crippen MR) is 67.3 cm³/mol. The number of nitrogens with one attached hydrogen (secondary N) is 1. The van der Waals surface area contributed by atoms with Gasteiger partial charge in [-0.25, -0.2) is 0 Å². The van der Waals surface area contributed by atoms with Crippen LogP contribution in [0.4, 0.5) is 0 Å². The fourth-order valence-electron chi connectivity index (χ4n) is 2.60. The molecule has 0 radical (unpaired) electrons. The summed E-state index contributed by atoms with van der Waals surface area (Å²) in [6, 6.07) is 0. The van der Waals surface area contributed by atoms with Crippen LogP contribution in [0.2, 0.25) is 0 Å². The Bertz CT molecular complexity index is 285. The van der Waals surface area contributed by atoms with Crippen molar-refractivity contribution < 1.29 is 19.4 Å². The first-order chi connectivity index (χ1) is 8.58. The van der Waals surface area contributed by atoms with Gasteiger partial charge in [0.25, 0.3) is 0 Å². The Balaban J connectivity index is 2.49. The number of carboxylic acids is 1. The maximum atomic E-state index is 11.8. The molecule has 104 valence electrons. The average Bonchev–Trinajstić information content (AvgIpc) is 2.29. The molecule has 0 saturated heterocycles. The molecule has 1 aliphatic carbocycles. The number of ether oxygens (including phenoxy) is 1. The molecule has 0 bridgehead atoms. The van der Waals surface area contributed by atoms with Gasteiger partial charge in [-0.05, 0) is 19.3 Å². The monoisotopic (exact) mass is 257 g/mol. The van der Waals surface area contributed by atoms with E-state index in [0.717, 1.165) is 32.1 Å². The van der Waals surface area contributed by atoms with Gasteiger partial charge in [0, 0.05) is 20.1 Å². The first-order valence-electron chi connectivity index (χ1n) is 6.60. The second-order valence-electron chi connectivity index (χ2n) is 5.06. The third-order valence-corrected chi connectivity index (χ3v) is 3.46. The summed E-state index contributed by atoms with van der Waals surface area (Å²) in [6.07, 6.45) is 5.76. The number of hydrogen-bond acceptors (Lipinski definition) is 3. The molecule has 0 aromatic carbocycles. The SMILES string of the molecule is COCCCC(=O)NC1(CC(=O)O)CCCCC1. The van der Waals surface area contributed by atoms with Crippen molar-refractivity contribution in [3.05, 3.63) is 0 Å². The Morgan fingerprint density at radius 2 is 1.94 bits per heavy atom. The highest BCUT2D eigenvalue weighted by molar-refractivity contribution is 5.78. The van der Waals surface area contributed by atoms with Crippen molar-refractivity contribution in [3.8, 4) is 0 Å². The largest absolute Gasteiger partial charge is 0.481 e. The third-order valence-electron chi connectivity index (χ3n) is 3.46. The van der Waals surface area contributed by atoms with E-state index in [1.807, 2.05) is 0 Å². The van der Waals surface area contributed by atoms with Crippen LogP contribution in [-0.4, -0.2) is 36.2 Å². The molecule has 1 fully saturated rings. The highest BCUT2D eigenvalue weighted by atomic mass is 16.5. The number of amides is 1. The van der Waals surface area contributed by atoms with E-state index in [4.69, 9.17) is 9.84 Å². The second-order valence-corrected chi connectivity index (χ2v) is 5.06. The standard InChI is InChI=1S/C13H23NO4/c1-18-9-5-6-11(15)14-13(10-12(16)17)7-3-2-4-8-13/h2-10H2,1H3,(H,14,15)(H,16,17). The van der Waals surface area contributed by atoms with Crippen molar-refractivity contribution in [1.82, 2.24) is 5.32 Å². The molecule has 5 nitrogen and oxygen atoms in total. The van der Waals surface area contributed by atoms with Crippen LogP contribution in [0.15, 0.2) is 0 Å². The second kappa shape index (κ2) is 7.36. The molecule has 1 aliphatic rings. The van der Waals surface area contributed by atoms with Gasteiger partial charge in [-0.1, -0.05) is 19.3 Å². The lowest BCUT2D eigenvalue weighted by atomic mass is 9.79. The van der Waals surface area contributed by atoms with Crippen LogP contribution in [0, 0.1) is 0 Å². The third kappa shape index (κ3) is 5.04. The zero-order valence-electron chi connectivity index (χ0n) is 11.0. The molecule has 0 spiro atoms. The van der Waals surface area contributed by atoms with Gasteiger partial charge in [-0.2, -0.15) is 0 Å². The Morgan fingerprint density at radius 3 is 2.50 bits per heavy atom. The lowest BCUT2D eigenvalue weighted by Crippen LogP contribution is -2.51. The number of carbonyl (C=O) groups excluding carboxylic acids is 1. The summed E-state index contributed by atoms with van der Waals surface area (Å²) in [7, 11) is 1.60. The van der Waals surface area contributed by atoms with Crippen LogP contribution in [0.25, 0.3) is 0 Å². The number of carbonyl (C=O) groups is 2. The average molecular weight is 257 g/mol. The van der Waals surface area contributed by atoms with Gasteiger partial charge in [-0.15, -0.1) is 0 Å². The van der Waals surface area contributed by atoms with E-state index in [1.54, 1.807) is 7.11 Å². The van der Waals surface area contributed by atoms with E-state index in [-0.39, 0.29) is 12.3 Å². The predicted octanol–water partition coefficient (Wildman–Crippen LogP) is 1.71. The Kier molecular flexibility index (Phi) is 6.12. The van der Waals surface area contributed by atoms with E-state index in [0.29, 0.717) is 19.4 Å². The molecule has 0 aliphatic heterocycles. The first-order valence-corrected chi connectivity index (χ1v) is 6.60. The summed E-state index contributed by atoms with van der Waals surface area (Å²) in [6.45, 7) is 0.555.